The smallest absolute Gasteiger partial charge is 0.0486 e. The van der Waals surface area contributed by atoms with Gasteiger partial charge >= 0.3 is 0 Å². The summed E-state index contributed by atoms with van der Waals surface area (Å²) in [4.78, 5) is 1.44. The van der Waals surface area contributed by atoms with Gasteiger partial charge in [-0.05, 0) is 37.0 Å². The first-order chi connectivity index (χ1) is 7.08. The maximum atomic E-state index is 3.66. The predicted octanol–water partition coefficient (Wildman–Crippen LogP) is 3.85. The molecule has 0 aliphatic carbocycles. The van der Waals surface area contributed by atoms with Crippen LogP contribution in [0.15, 0.2) is 17.0 Å². The molecule has 0 aromatic heterocycles. The standard InChI is InChI=1S/C13H19NS/c1-8(2)12-7-15-13-10(4)5-9(3)6-11(13)14-12/h5-6,8,12,14H,7H2,1-4H3. The number of aryl methyl sites for hydroxylation is 2. The van der Waals surface area contributed by atoms with Crippen molar-refractivity contribution in [3.05, 3.63) is 23.3 Å². The number of hydrogen-bond acceptors (Lipinski definition) is 2. The van der Waals surface area contributed by atoms with Crippen molar-refractivity contribution in [3.8, 4) is 0 Å². The van der Waals surface area contributed by atoms with Gasteiger partial charge in [-0.1, -0.05) is 19.9 Å². The molecule has 0 saturated carbocycles. The van der Waals surface area contributed by atoms with E-state index in [-0.39, 0.29) is 0 Å². The lowest BCUT2D eigenvalue weighted by molar-refractivity contribution is 0.562. The van der Waals surface area contributed by atoms with Crippen LogP contribution in [0.1, 0.15) is 25.0 Å². The highest BCUT2D eigenvalue weighted by Crippen LogP contribution is 2.37. The summed E-state index contributed by atoms with van der Waals surface area (Å²) in [5, 5.41) is 3.66. The molecule has 0 amide bonds. The van der Waals surface area contributed by atoms with Gasteiger partial charge in [0.25, 0.3) is 0 Å². The summed E-state index contributed by atoms with van der Waals surface area (Å²) < 4.78 is 0. The summed E-state index contributed by atoms with van der Waals surface area (Å²) in [6.45, 7) is 8.94. The van der Waals surface area contributed by atoms with Gasteiger partial charge in [0.15, 0.2) is 0 Å². The number of hydrogen-bond donors (Lipinski definition) is 1. The Labute approximate surface area is 96.7 Å². The van der Waals surface area contributed by atoms with Crippen LogP contribution < -0.4 is 5.32 Å². The van der Waals surface area contributed by atoms with Crippen molar-refractivity contribution < 1.29 is 0 Å². The fraction of sp³-hybridized carbons (Fsp3) is 0.538. The van der Waals surface area contributed by atoms with Crippen molar-refractivity contribution in [1.29, 1.82) is 0 Å². The van der Waals surface area contributed by atoms with Crippen molar-refractivity contribution in [1.82, 2.24) is 0 Å². The fourth-order valence-electron chi connectivity index (χ4n) is 2.03. The Balaban J connectivity index is 2.33. The van der Waals surface area contributed by atoms with E-state index in [1.165, 1.54) is 27.5 Å². The van der Waals surface area contributed by atoms with Gasteiger partial charge in [-0.2, -0.15) is 0 Å². The molecule has 1 heterocycles. The van der Waals surface area contributed by atoms with Crippen molar-refractivity contribution in [3.63, 3.8) is 0 Å². The molecule has 0 spiro atoms. The quantitative estimate of drug-likeness (QED) is 0.773. The number of benzene rings is 1. The minimum Gasteiger partial charge on any atom is -0.380 e. The Kier molecular flexibility index (Phi) is 2.96. The molecule has 1 nitrogen and oxygen atoms in total. The van der Waals surface area contributed by atoms with Crippen LogP contribution in [0.2, 0.25) is 0 Å². The summed E-state index contributed by atoms with van der Waals surface area (Å²) in [6, 6.07) is 5.15. The Morgan fingerprint density at radius 2 is 2.07 bits per heavy atom. The van der Waals surface area contributed by atoms with Gasteiger partial charge in [-0.25, -0.2) is 0 Å². The van der Waals surface area contributed by atoms with E-state index in [9.17, 15) is 0 Å². The Bertz CT molecular complexity index is 371. The summed E-state index contributed by atoms with van der Waals surface area (Å²) >= 11 is 2.00. The first-order valence-corrected chi connectivity index (χ1v) is 6.57. The third-order valence-corrected chi connectivity index (χ3v) is 4.33. The molecular formula is C13H19NS. The highest BCUT2D eigenvalue weighted by atomic mass is 32.2. The van der Waals surface area contributed by atoms with Crippen LogP contribution in [0.3, 0.4) is 0 Å². The molecule has 1 atom stereocenters. The molecule has 2 rings (SSSR count). The summed E-state index contributed by atoms with van der Waals surface area (Å²) in [6.07, 6.45) is 0. The third kappa shape index (κ3) is 2.15. The van der Waals surface area contributed by atoms with E-state index < -0.39 is 0 Å². The Morgan fingerprint density at radius 3 is 2.73 bits per heavy atom. The van der Waals surface area contributed by atoms with Crippen molar-refractivity contribution in [2.24, 2.45) is 5.92 Å². The zero-order valence-corrected chi connectivity index (χ0v) is 10.7. The molecule has 2 heteroatoms. The molecule has 1 N–H and O–H groups in total. The van der Waals surface area contributed by atoms with E-state index in [2.05, 4.69) is 45.1 Å². The second kappa shape index (κ2) is 4.09. The first kappa shape index (κ1) is 10.9. The molecule has 15 heavy (non-hydrogen) atoms. The van der Waals surface area contributed by atoms with E-state index in [1.807, 2.05) is 11.8 Å². The summed E-state index contributed by atoms with van der Waals surface area (Å²) in [5.41, 5.74) is 4.09. The number of rotatable bonds is 1. The van der Waals surface area contributed by atoms with Crippen LogP contribution in [0.25, 0.3) is 0 Å². The highest BCUT2D eigenvalue weighted by molar-refractivity contribution is 7.99. The molecule has 1 aliphatic rings. The lowest BCUT2D eigenvalue weighted by Gasteiger charge is -2.30. The molecule has 0 fully saturated rings. The first-order valence-electron chi connectivity index (χ1n) is 5.58. The van der Waals surface area contributed by atoms with Crippen LogP contribution in [0.4, 0.5) is 5.69 Å². The van der Waals surface area contributed by atoms with E-state index in [0.29, 0.717) is 12.0 Å². The Hall–Kier alpha value is -0.630. The lowest BCUT2D eigenvalue weighted by atomic mass is 10.0. The number of nitrogens with one attached hydrogen (secondary N) is 1. The van der Waals surface area contributed by atoms with Gasteiger partial charge in [0.05, 0.1) is 0 Å². The summed E-state index contributed by atoms with van der Waals surface area (Å²) in [7, 11) is 0. The lowest BCUT2D eigenvalue weighted by Crippen LogP contribution is -2.31. The van der Waals surface area contributed by atoms with Crippen LogP contribution in [-0.2, 0) is 0 Å². The van der Waals surface area contributed by atoms with Crippen molar-refractivity contribution in [2.75, 3.05) is 11.1 Å². The molecule has 82 valence electrons. The SMILES string of the molecule is Cc1cc(C)c2c(c1)NC(C(C)C)CS2. The van der Waals surface area contributed by atoms with Gasteiger partial charge < -0.3 is 5.32 Å². The third-order valence-electron chi connectivity index (χ3n) is 2.97. The minimum absolute atomic E-state index is 0.615. The molecule has 1 aromatic rings. The van der Waals surface area contributed by atoms with Crippen molar-refractivity contribution >= 4 is 17.4 Å². The van der Waals surface area contributed by atoms with Crippen LogP contribution in [0, 0.1) is 19.8 Å². The predicted molar refractivity (Wildman–Crippen MR) is 68.9 cm³/mol. The van der Waals surface area contributed by atoms with E-state index in [1.54, 1.807) is 0 Å². The minimum atomic E-state index is 0.615. The number of fused-ring (bicyclic) bond motifs is 1. The fourth-order valence-corrected chi connectivity index (χ4v) is 3.40. The molecule has 0 radical (unpaired) electrons. The zero-order valence-electron chi connectivity index (χ0n) is 9.92. The van der Waals surface area contributed by atoms with Gasteiger partial charge in [0.1, 0.15) is 0 Å². The normalized spacial score (nSPS) is 19.9. The molecular weight excluding hydrogens is 202 g/mol. The summed E-state index contributed by atoms with van der Waals surface area (Å²) in [5.74, 6) is 1.89. The van der Waals surface area contributed by atoms with Crippen molar-refractivity contribution in [2.45, 2.75) is 38.6 Å². The monoisotopic (exact) mass is 221 g/mol. The topological polar surface area (TPSA) is 12.0 Å². The highest BCUT2D eigenvalue weighted by Gasteiger charge is 2.21. The maximum Gasteiger partial charge on any atom is 0.0486 e. The average Bonchev–Trinajstić information content (AvgIpc) is 2.16. The van der Waals surface area contributed by atoms with E-state index in [4.69, 9.17) is 0 Å². The molecule has 1 unspecified atom stereocenters. The maximum absolute atomic E-state index is 3.66. The Morgan fingerprint density at radius 1 is 1.33 bits per heavy atom. The van der Waals surface area contributed by atoms with Crippen LogP contribution in [-0.4, -0.2) is 11.8 Å². The second-order valence-electron chi connectivity index (χ2n) is 4.76. The number of anilines is 1. The molecule has 1 aromatic carbocycles. The van der Waals surface area contributed by atoms with Crippen LogP contribution in [0.5, 0.6) is 0 Å². The van der Waals surface area contributed by atoms with Crippen LogP contribution >= 0.6 is 11.8 Å². The zero-order chi connectivity index (χ0) is 11.0. The number of thioether (sulfide) groups is 1. The molecule has 0 saturated heterocycles. The second-order valence-corrected chi connectivity index (χ2v) is 5.79. The van der Waals surface area contributed by atoms with E-state index in [0.717, 1.165) is 0 Å². The van der Waals surface area contributed by atoms with Gasteiger partial charge in [-0.3, -0.25) is 0 Å². The largest absolute Gasteiger partial charge is 0.380 e. The molecule has 1 aliphatic heterocycles. The van der Waals surface area contributed by atoms with Gasteiger partial charge in [0, 0.05) is 22.4 Å². The van der Waals surface area contributed by atoms with E-state index >= 15 is 0 Å². The van der Waals surface area contributed by atoms with Gasteiger partial charge in [0.2, 0.25) is 0 Å². The molecule has 0 bridgehead atoms. The average molecular weight is 221 g/mol. The van der Waals surface area contributed by atoms with Gasteiger partial charge in [-0.15, -0.1) is 11.8 Å².